The first-order valence-corrected chi connectivity index (χ1v) is 5.65. The number of alkyl halides is 3. The largest absolute Gasteiger partial charge is 0.418 e. The summed E-state index contributed by atoms with van der Waals surface area (Å²) in [5.74, 6) is 0. The van der Waals surface area contributed by atoms with Gasteiger partial charge in [0.1, 0.15) is 0 Å². The predicted octanol–water partition coefficient (Wildman–Crippen LogP) is 4.33. The first-order chi connectivity index (χ1) is 9.30. The standard InChI is InChI=1S/C12H6ClF3N2O2/c13-10-4-3-7(18(19)20)6-8(10)11-9(12(14,15)16)2-1-5-17-11/h1-6H. The van der Waals surface area contributed by atoms with Crippen LogP contribution in [0, 0.1) is 10.1 Å². The summed E-state index contributed by atoms with van der Waals surface area (Å²) in [7, 11) is 0. The Morgan fingerprint density at radius 1 is 1.25 bits per heavy atom. The molecule has 0 saturated carbocycles. The van der Waals surface area contributed by atoms with Crippen LogP contribution in [-0.2, 0) is 6.18 Å². The first kappa shape index (κ1) is 14.3. The van der Waals surface area contributed by atoms with E-state index >= 15 is 0 Å². The van der Waals surface area contributed by atoms with E-state index in [1.54, 1.807) is 0 Å². The van der Waals surface area contributed by atoms with E-state index in [4.69, 9.17) is 11.6 Å². The van der Waals surface area contributed by atoms with Gasteiger partial charge in [0.15, 0.2) is 0 Å². The molecule has 8 heteroatoms. The molecule has 0 fully saturated rings. The van der Waals surface area contributed by atoms with Crippen LogP contribution in [0.3, 0.4) is 0 Å². The van der Waals surface area contributed by atoms with Crippen LogP contribution in [-0.4, -0.2) is 9.91 Å². The quantitative estimate of drug-likeness (QED) is 0.613. The Bertz CT molecular complexity index is 674. The van der Waals surface area contributed by atoms with Gasteiger partial charge in [0.2, 0.25) is 0 Å². The zero-order valence-electron chi connectivity index (χ0n) is 9.69. The zero-order chi connectivity index (χ0) is 14.9. The lowest BCUT2D eigenvalue weighted by Gasteiger charge is -2.12. The number of nitro benzene ring substituents is 1. The van der Waals surface area contributed by atoms with Crippen molar-refractivity contribution in [3.8, 4) is 11.3 Å². The van der Waals surface area contributed by atoms with E-state index in [-0.39, 0.29) is 16.3 Å². The second kappa shape index (κ2) is 5.09. The van der Waals surface area contributed by atoms with Crippen LogP contribution in [0.25, 0.3) is 11.3 Å². The third-order valence-corrected chi connectivity index (χ3v) is 2.86. The van der Waals surface area contributed by atoms with Crippen molar-refractivity contribution in [2.24, 2.45) is 0 Å². The summed E-state index contributed by atoms with van der Waals surface area (Å²) in [6.07, 6.45) is -3.46. The van der Waals surface area contributed by atoms with E-state index in [0.717, 1.165) is 24.3 Å². The molecule has 0 bridgehead atoms. The molecule has 0 aliphatic carbocycles. The lowest BCUT2D eigenvalue weighted by Crippen LogP contribution is -2.08. The molecule has 20 heavy (non-hydrogen) atoms. The van der Waals surface area contributed by atoms with Crippen molar-refractivity contribution in [3.63, 3.8) is 0 Å². The maximum atomic E-state index is 12.9. The highest BCUT2D eigenvalue weighted by Gasteiger charge is 2.35. The first-order valence-electron chi connectivity index (χ1n) is 5.27. The van der Waals surface area contributed by atoms with E-state index in [1.165, 1.54) is 12.3 Å². The van der Waals surface area contributed by atoms with Gasteiger partial charge in [0, 0.05) is 23.9 Å². The van der Waals surface area contributed by atoms with Crippen LogP contribution in [0.2, 0.25) is 5.02 Å². The Morgan fingerprint density at radius 2 is 1.95 bits per heavy atom. The molecule has 4 nitrogen and oxygen atoms in total. The summed E-state index contributed by atoms with van der Waals surface area (Å²) < 4.78 is 38.7. The number of halogens is 4. The van der Waals surface area contributed by atoms with Gasteiger partial charge < -0.3 is 0 Å². The van der Waals surface area contributed by atoms with Gasteiger partial charge in [-0.25, -0.2) is 0 Å². The smallest absolute Gasteiger partial charge is 0.258 e. The highest BCUT2D eigenvalue weighted by atomic mass is 35.5. The Hall–Kier alpha value is -2.15. The molecule has 0 N–H and O–H groups in total. The molecule has 0 unspecified atom stereocenters. The molecule has 0 atom stereocenters. The Labute approximate surface area is 116 Å². The van der Waals surface area contributed by atoms with Gasteiger partial charge in [-0.3, -0.25) is 15.1 Å². The molecule has 0 saturated heterocycles. The second-order valence-electron chi connectivity index (χ2n) is 3.82. The van der Waals surface area contributed by atoms with Gasteiger partial charge >= 0.3 is 6.18 Å². The van der Waals surface area contributed by atoms with E-state index in [9.17, 15) is 23.3 Å². The van der Waals surface area contributed by atoms with Gasteiger partial charge in [-0.15, -0.1) is 0 Å². The van der Waals surface area contributed by atoms with Crippen LogP contribution in [0.5, 0.6) is 0 Å². The minimum absolute atomic E-state index is 0.0419. The number of benzene rings is 1. The Morgan fingerprint density at radius 3 is 2.55 bits per heavy atom. The molecular formula is C12H6ClF3N2O2. The van der Waals surface area contributed by atoms with Crippen LogP contribution in [0.15, 0.2) is 36.5 Å². The number of aromatic nitrogens is 1. The number of rotatable bonds is 2. The highest BCUT2D eigenvalue weighted by molar-refractivity contribution is 6.33. The van der Waals surface area contributed by atoms with Gasteiger partial charge in [0.05, 0.1) is 21.2 Å². The third-order valence-electron chi connectivity index (χ3n) is 2.53. The fourth-order valence-electron chi connectivity index (χ4n) is 1.66. The molecule has 2 aromatic rings. The minimum Gasteiger partial charge on any atom is -0.258 e. The average Bonchev–Trinajstić information content (AvgIpc) is 2.38. The number of hydrogen-bond acceptors (Lipinski definition) is 3. The van der Waals surface area contributed by atoms with Gasteiger partial charge in [-0.05, 0) is 18.2 Å². The second-order valence-corrected chi connectivity index (χ2v) is 4.23. The molecule has 1 aromatic carbocycles. The fraction of sp³-hybridized carbons (Fsp3) is 0.0833. The number of non-ortho nitro benzene ring substituents is 1. The van der Waals surface area contributed by atoms with E-state index in [2.05, 4.69) is 4.98 Å². The number of nitro groups is 1. The molecule has 2 rings (SSSR count). The van der Waals surface area contributed by atoms with Crippen molar-refractivity contribution in [1.82, 2.24) is 4.98 Å². The van der Waals surface area contributed by atoms with E-state index in [0.29, 0.717) is 0 Å². The molecule has 1 heterocycles. The van der Waals surface area contributed by atoms with Crippen molar-refractivity contribution < 1.29 is 18.1 Å². The Balaban J connectivity index is 2.69. The third kappa shape index (κ3) is 2.72. The zero-order valence-corrected chi connectivity index (χ0v) is 10.4. The van der Waals surface area contributed by atoms with Crippen molar-refractivity contribution in [3.05, 3.63) is 57.2 Å². The summed E-state index contributed by atoms with van der Waals surface area (Å²) in [4.78, 5) is 13.6. The topological polar surface area (TPSA) is 56.0 Å². The molecule has 0 aliphatic heterocycles. The maximum absolute atomic E-state index is 12.9. The minimum atomic E-state index is -4.63. The highest BCUT2D eigenvalue weighted by Crippen LogP contribution is 2.39. The average molecular weight is 303 g/mol. The van der Waals surface area contributed by atoms with Crippen LogP contribution in [0.1, 0.15) is 5.56 Å². The number of hydrogen-bond donors (Lipinski definition) is 0. The van der Waals surface area contributed by atoms with Gasteiger partial charge in [0.25, 0.3) is 5.69 Å². The SMILES string of the molecule is O=[N+]([O-])c1ccc(Cl)c(-c2ncccc2C(F)(F)F)c1. The maximum Gasteiger partial charge on any atom is 0.418 e. The van der Waals surface area contributed by atoms with Crippen LogP contribution < -0.4 is 0 Å². The normalized spacial score (nSPS) is 11.4. The van der Waals surface area contributed by atoms with Gasteiger partial charge in [-0.2, -0.15) is 13.2 Å². The lowest BCUT2D eigenvalue weighted by molar-refractivity contribution is -0.384. The lowest BCUT2D eigenvalue weighted by atomic mass is 10.0. The van der Waals surface area contributed by atoms with Crippen molar-refractivity contribution in [2.45, 2.75) is 6.18 Å². The number of pyridine rings is 1. The molecule has 0 aliphatic rings. The van der Waals surface area contributed by atoms with Crippen molar-refractivity contribution in [2.75, 3.05) is 0 Å². The van der Waals surface area contributed by atoms with Crippen molar-refractivity contribution in [1.29, 1.82) is 0 Å². The summed E-state index contributed by atoms with van der Waals surface area (Å²) >= 11 is 5.83. The van der Waals surface area contributed by atoms with E-state index in [1.807, 2.05) is 0 Å². The summed E-state index contributed by atoms with van der Waals surface area (Å²) in [5.41, 5.74) is -1.92. The van der Waals surface area contributed by atoms with Crippen molar-refractivity contribution >= 4 is 17.3 Å². The summed E-state index contributed by atoms with van der Waals surface area (Å²) in [6.45, 7) is 0. The Kier molecular flexibility index (Phi) is 3.63. The monoisotopic (exact) mass is 302 g/mol. The van der Waals surface area contributed by atoms with Crippen LogP contribution in [0.4, 0.5) is 18.9 Å². The van der Waals surface area contributed by atoms with Crippen LogP contribution >= 0.6 is 11.6 Å². The molecule has 0 amide bonds. The summed E-state index contributed by atoms with van der Waals surface area (Å²) in [6, 6.07) is 5.24. The molecule has 0 radical (unpaired) electrons. The van der Waals surface area contributed by atoms with Gasteiger partial charge in [-0.1, -0.05) is 11.6 Å². The fourth-order valence-corrected chi connectivity index (χ4v) is 1.86. The molecule has 0 spiro atoms. The number of nitrogens with zero attached hydrogens (tertiary/aromatic N) is 2. The summed E-state index contributed by atoms with van der Waals surface area (Å²) in [5, 5.41) is 10.7. The molecule has 1 aromatic heterocycles. The predicted molar refractivity (Wildman–Crippen MR) is 66.3 cm³/mol. The molecular weight excluding hydrogens is 297 g/mol. The van der Waals surface area contributed by atoms with E-state index < -0.39 is 22.4 Å². The molecule has 104 valence electrons.